The molecule has 0 aliphatic carbocycles. The summed E-state index contributed by atoms with van der Waals surface area (Å²) >= 11 is 0. The van der Waals surface area contributed by atoms with Crippen LogP contribution in [0.2, 0.25) is 0 Å². The highest BCUT2D eigenvalue weighted by atomic mass is 15.1. The minimum Gasteiger partial charge on any atom is -0.369 e. The predicted molar refractivity (Wildman–Crippen MR) is 90.6 cm³/mol. The van der Waals surface area contributed by atoms with Crippen molar-refractivity contribution < 1.29 is 0 Å². The first-order valence-electron chi connectivity index (χ1n) is 7.32. The van der Waals surface area contributed by atoms with Gasteiger partial charge in [-0.2, -0.15) is 10.5 Å². The summed E-state index contributed by atoms with van der Waals surface area (Å²) in [6, 6.07) is 24.1. The summed E-state index contributed by atoms with van der Waals surface area (Å²) in [6.07, 6.45) is 5.19. The molecule has 0 saturated heterocycles. The van der Waals surface area contributed by atoms with E-state index in [0.29, 0.717) is 0 Å². The van der Waals surface area contributed by atoms with Crippen molar-refractivity contribution in [2.24, 2.45) is 0 Å². The average Bonchev–Trinajstić information content (AvgIpc) is 2.60. The molecule has 0 saturated carbocycles. The lowest BCUT2D eigenvalue weighted by molar-refractivity contribution is 0.362. The Morgan fingerprint density at radius 2 is 1.30 bits per heavy atom. The van der Waals surface area contributed by atoms with Crippen molar-refractivity contribution >= 4 is 0 Å². The van der Waals surface area contributed by atoms with Crippen molar-refractivity contribution in [1.82, 2.24) is 4.90 Å². The average molecular weight is 299 g/mol. The van der Waals surface area contributed by atoms with Crippen LogP contribution in [0.4, 0.5) is 0 Å². The van der Waals surface area contributed by atoms with E-state index in [1.165, 1.54) is 17.2 Å². The molecular formula is C20H17N3. The first-order valence-corrected chi connectivity index (χ1v) is 7.32. The van der Waals surface area contributed by atoms with E-state index in [2.05, 4.69) is 29.2 Å². The molecule has 3 heteroatoms. The number of nitriles is 2. The third-order valence-electron chi connectivity index (χ3n) is 3.26. The molecule has 0 atom stereocenters. The van der Waals surface area contributed by atoms with E-state index in [9.17, 15) is 0 Å². The maximum absolute atomic E-state index is 8.77. The number of hydrogen-bond acceptors (Lipinski definition) is 3. The largest absolute Gasteiger partial charge is 0.369 e. The number of hydrogen-bond donors (Lipinski definition) is 0. The Labute approximate surface area is 137 Å². The normalized spacial score (nSPS) is 9.83. The van der Waals surface area contributed by atoms with Gasteiger partial charge in [0.15, 0.2) is 0 Å². The maximum atomic E-state index is 8.77. The standard InChI is InChI=1S/C20H17N3/c21-14-20(15-22)12-7-13-23(16-18-8-3-1-4-9-18)17-19-10-5-2-6-11-19/h1-13H,16-17H2/b13-7+. The molecule has 0 spiro atoms. The van der Waals surface area contributed by atoms with Gasteiger partial charge in [0.1, 0.15) is 17.7 Å². The van der Waals surface area contributed by atoms with Crippen LogP contribution < -0.4 is 0 Å². The van der Waals surface area contributed by atoms with Gasteiger partial charge in [-0.3, -0.25) is 0 Å². The third kappa shape index (κ3) is 5.53. The van der Waals surface area contributed by atoms with Crippen molar-refractivity contribution in [3.05, 3.63) is 95.7 Å². The molecule has 0 aromatic heterocycles. The second kappa shape index (κ2) is 8.87. The van der Waals surface area contributed by atoms with E-state index in [0.717, 1.165) is 13.1 Å². The van der Waals surface area contributed by atoms with Crippen molar-refractivity contribution in [3.8, 4) is 12.1 Å². The summed E-state index contributed by atoms with van der Waals surface area (Å²) in [4.78, 5) is 2.15. The van der Waals surface area contributed by atoms with Crippen molar-refractivity contribution in [2.45, 2.75) is 13.1 Å². The van der Waals surface area contributed by atoms with Gasteiger partial charge in [0, 0.05) is 13.1 Å². The molecule has 0 N–H and O–H groups in total. The fourth-order valence-corrected chi connectivity index (χ4v) is 2.16. The van der Waals surface area contributed by atoms with Gasteiger partial charge in [0.05, 0.1) is 0 Å². The summed E-state index contributed by atoms with van der Waals surface area (Å²) in [7, 11) is 0. The van der Waals surface area contributed by atoms with E-state index in [4.69, 9.17) is 10.5 Å². The Morgan fingerprint density at radius 3 is 1.74 bits per heavy atom. The number of rotatable bonds is 6. The van der Waals surface area contributed by atoms with E-state index in [-0.39, 0.29) is 5.57 Å². The zero-order valence-electron chi connectivity index (χ0n) is 12.8. The predicted octanol–water partition coefficient (Wildman–Crippen LogP) is 4.18. The second-order valence-electron chi connectivity index (χ2n) is 5.02. The molecule has 2 aromatic carbocycles. The Balaban J connectivity index is 2.14. The third-order valence-corrected chi connectivity index (χ3v) is 3.26. The number of allylic oxidation sites excluding steroid dienone is 3. The van der Waals surface area contributed by atoms with Crippen LogP contribution in [0, 0.1) is 22.7 Å². The molecule has 0 radical (unpaired) electrons. The fraction of sp³-hybridized carbons (Fsp3) is 0.100. The van der Waals surface area contributed by atoms with Gasteiger partial charge < -0.3 is 4.90 Å². The first kappa shape index (κ1) is 16.1. The second-order valence-corrected chi connectivity index (χ2v) is 5.02. The topological polar surface area (TPSA) is 50.8 Å². The zero-order chi connectivity index (χ0) is 16.3. The van der Waals surface area contributed by atoms with Gasteiger partial charge in [-0.1, -0.05) is 60.7 Å². The molecule has 0 unspecified atom stereocenters. The molecule has 3 nitrogen and oxygen atoms in total. The molecular weight excluding hydrogens is 282 g/mol. The van der Waals surface area contributed by atoms with Crippen LogP contribution in [-0.4, -0.2) is 4.90 Å². The van der Waals surface area contributed by atoms with Gasteiger partial charge in [-0.05, 0) is 29.5 Å². The summed E-state index contributed by atoms with van der Waals surface area (Å²) in [5, 5.41) is 17.5. The smallest absolute Gasteiger partial charge is 0.129 e. The minimum absolute atomic E-state index is 0.0978. The maximum Gasteiger partial charge on any atom is 0.129 e. The lowest BCUT2D eigenvalue weighted by Crippen LogP contribution is -2.16. The highest BCUT2D eigenvalue weighted by molar-refractivity contribution is 5.37. The molecule has 0 aliphatic heterocycles. The van der Waals surface area contributed by atoms with Crippen LogP contribution in [0.3, 0.4) is 0 Å². The molecule has 23 heavy (non-hydrogen) atoms. The van der Waals surface area contributed by atoms with Crippen LogP contribution >= 0.6 is 0 Å². The fourth-order valence-electron chi connectivity index (χ4n) is 2.16. The quantitative estimate of drug-likeness (QED) is 0.594. The van der Waals surface area contributed by atoms with E-state index in [1.54, 1.807) is 6.08 Å². The number of nitrogens with zero attached hydrogens (tertiary/aromatic N) is 3. The van der Waals surface area contributed by atoms with Crippen LogP contribution in [-0.2, 0) is 13.1 Å². The Kier molecular flexibility index (Phi) is 6.20. The number of benzene rings is 2. The highest BCUT2D eigenvalue weighted by Crippen LogP contribution is 2.10. The van der Waals surface area contributed by atoms with Crippen LogP contribution in [0.15, 0.2) is 84.6 Å². The van der Waals surface area contributed by atoms with Crippen molar-refractivity contribution in [1.29, 1.82) is 10.5 Å². The van der Waals surface area contributed by atoms with Crippen LogP contribution in [0.5, 0.6) is 0 Å². The SMILES string of the molecule is N#CC(C#N)=C/C=C/N(Cc1ccccc1)Cc1ccccc1. The lowest BCUT2D eigenvalue weighted by Gasteiger charge is -2.20. The molecule has 2 aromatic rings. The van der Waals surface area contributed by atoms with Gasteiger partial charge in [0.25, 0.3) is 0 Å². The van der Waals surface area contributed by atoms with Gasteiger partial charge in [0.2, 0.25) is 0 Å². The van der Waals surface area contributed by atoms with Crippen molar-refractivity contribution in [3.63, 3.8) is 0 Å². The Morgan fingerprint density at radius 1 is 0.826 bits per heavy atom. The molecule has 0 amide bonds. The molecule has 112 valence electrons. The zero-order valence-corrected chi connectivity index (χ0v) is 12.8. The molecule has 0 aliphatic rings. The molecule has 0 heterocycles. The van der Waals surface area contributed by atoms with Gasteiger partial charge in [-0.15, -0.1) is 0 Å². The summed E-state index contributed by atoms with van der Waals surface area (Å²) in [5.41, 5.74) is 2.51. The Bertz CT molecular complexity index is 689. The van der Waals surface area contributed by atoms with E-state index >= 15 is 0 Å². The monoisotopic (exact) mass is 299 g/mol. The van der Waals surface area contributed by atoms with E-state index < -0.39 is 0 Å². The summed E-state index contributed by atoms with van der Waals surface area (Å²) in [6.45, 7) is 1.52. The molecule has 0 fully saturated rings. The van der Waals surface area contributed by atoms with Gasteiger partial charge >= 0.3 is 0 Å². The van der Waals surface area contributed by atoms with Crippen LogP contribution in [0.25, 0.3) is 0 Å². The van der Waals surface area contributed by atoms with E-state index in [1.807, 2.05) is 54.7 Å². The first-order chi connectivity index (χ1) is 11.3. The summed E-state index contributed by atoms with van der Waals surface area (Å²) < 4.78 is 0. The summed E-state index contributed by atoms with van der Waals surface area (Å²) in [5.74, 6) is 0. The minimum atomic E-state index is 0.0978. The van der Waals surface area contributed by atoms with Crippen LogP contribution in [0.1, 0.15) is 11.1 Å². The van der Waals surface area contributed by atoms with Gasteiger partial charge in [-0.25, -0.2) is 0 Å². The lowest BCUT2D eigenvalue weighted by atomic mass is 10.2. The van der Waals surface area contributed by atoms with Crippen molar-refractivity contribution in [2.75, 3.05) is 0 Å². The highest BCUT2D eigenvalue weighted by Gasteiger charge is 2.02. The molecule has 0 bridgehead atoms. The molecule has 2 rings (SSSR count). The Hall–Kier alpha value is -3.30.